The van der Waals surface area contributed by atoms with Crippen LogP contribution in [-0.4, -0.2) is 43.6 Å². The molecule has 0 radical (unpaired) electrons. The molecule has 1 atom stereocenters. The topological polar surface area (TPSA) is 57.3 Å². The highest BCUT2D eigenvalue weighted by Crippen LogP contribution is 2.20. The second-order valence-corrected chi connectivity index (χ2v) is 4.76. The van der Waals surface area contributed by atoms with Crippen LogP contribution in [-0.2, 0) is 0 Å². The number of hydrogen-bond acceptors (Lipinski definition) is 4. The molecule has 2 rings (SSSR count). The Bertz CT molecular complexity index is 429. The van der Waals surface area contributed by atoms with Crippen molar-refractivity contribution in [3.05, 3.63) is 24.0 Å². The van der Waals surface area contributed by atoms with Gasteiger partial charge in [0.2, 0.25) is 0 Å². The second kappa shape index (κ2) is 6.52. The van der Waals surface area contributed by atoms with E-state index in [9.17, 15) is 4.79 Å². The molecule has 1 saturated heterocycles. The Kier molecular flexibility index (Phi) is 4.74. The van der Waals surface area contributed by atoms with E-state index < -0.39 is 0 Å². The van der Waals surface area contributed by atoms with Crippen LogP contribution in [0.2, 0.25) is 0 Å². The molecule has 1 aromatic heterocycles. The van der Waals surface area contributed by atoms with Crippen molar-refractivity contribution in [1.82, 2.24) is 15.6 Å². The average Bonchev–Trinajstić information content (AvgIpc) is 2.48. The molecule has 5 nitrogen and oxygen atoms in total. The number of nitrogens with one attached hydrogen (secondary N) is 2. The highest BCUT2D eigenvalue weighted by atomic mass is 16.1. The molecule has 0 aliphatic carbocycles. The first-order valence-corrected chi connectivity index (χ1v) is 6.91. The quantitative estimate of drug-likeness (QED) is 0.850. The van der Waals surface area contributed by atoms with Crippen LogP contribution in [0.3, 0.4) is 0 Å². The molecule has 1 aromatic rings. The maximum atomic E-state index is 11.6. The van der Waals surface area contributed by atoms with Gasteiger partial charge in [-0.25, -0.2) is 0 Å². The lowest BCUT2D eigenvalue weighted by molar-refractivity contribution is 0.0958. The predicted molar refractivity (Wildman–Crippen MR) is 76.5 cm³/mol. The van der Waals surface area contributed by atoms with Crippen LogP contribution in [0.5, 0.6) is 0 Å². The first kappa shape index (κ1) is 13.8. The summed E-state index contributed by atoms with van der Waals surface area (Å²) in [5.74, 6) is -0.139. The normalized spacial score (nSPS) is 18.9. The van der Waals surface area contributed by atoms with E-state index in [0.29, 0.717) is 11.7 Å². The van der Waals surface area contributed by atoms with Crippen molar-refractivity contribution in [2.24, 2.45) is 0 Å². The van der Waals surface area contributed by atoms with Gasteiger partial charge in [-0.15, -0.1) is 0 Å². The number of aromatic nitrogens is 1. The van der Waals surface area contributed by atoms with Gasteiger partial charge in [0.1, 0.15) is 5.69 Å². The van der Waals surface area contributed by atoms with E-state index in [0.717, 1.165) is 25.3 Å². The number of carbonyl (C=O) groups excluding carboxylic acids is 1. The van der Waals surface area contributed by atoms with Crippen molar-refractivity contribution in [1.29, 1.82) is 0 Å². The first-order valence-electron chi connectivity index (χ1n) is 6.91. The third-order valence-electron chi connectivity index (χ3n) is 3.59. The summed E-state index contributed by atoms with van der Waals surface area (Å²) in [6, 6.07) is 4.35. The van der Waals surface area contributed by atoms with Gasteiger partial charge in [-0.3, -0.25) is 9.78 Å². The minimum absolute atomic E-state index is 0.139. The lowest BCUT2D eigenvalue weighted by atomic mass is 10.1. The van der Waals surface area contributed by atoms with Crippen molar-refractivity contribution in [3.8, 4) is 0 Å². The Hall–Kier alpha value is -1.62. The summed E-state index contributed by atoms with van der Waals surface area (Å²) in [5.41, 5.74) is 1.55. The van der Waals surface area contributed by atoms with Crippen LogP contribution in [0.4, 0.5) is 5.69 Å². The molecule has 1 amide bonds. The van der Waals surface area contributed by atoms with Crippen LogP contribution in [0, 0.1) is 0 Å². The van der Waals surface area contributed by atoms with Gasteiger partial charge in [0, 0.05) is 38.1 Å². The van der Waals surface area contributed by atoms with Crippen molar-refractivity contribution in [2.45, 2.75) is 25.8 Å². The summed E-state index contributed by atoms with van der Waals surface area (Å²) in [4.78, 5) is 18.1. The zero-order chi connectivity index (χ0) is 13.7. The molecular weight excluding hydrogens is 240 g/mol. The maximum Gasteiger partial charge on any atom is 0.269 e. The number of likely N-dealkylation sites (N-methyl/N-ethyl adjacent to an activating group) is 1. The highest BCUT2D eigenvalue weighted by Gasteiger charge is 2.20. The Morgan fingerprint density at radius 3 is 3.11 bits per heavy atom. The van der Waals surface area contributed by atoms with Crippen LogP contribution in [0.25, 0.3) is 0 Å². The molecule has 19 heavy (non-hydrogen) atoms. The first-order chi connectivity index (χ1) is 9.26. The van der Waals surface area contributed by atoms with E-state index >= 15 is 0 Å². The number of pyridine rings is 1. The van der Waals surface area contributed by atoms with Crippen LogP contribution < -0.4 is 15.5 Å². The van der Waals surface area contributed by atoms with Gasteiger partial charge in [0.25, 0.3) is 5.91 Å². The fourth-order valence-electron chi connectivity index (χ4n) is 2.60. The van der Waals surface area contributed by atoms with Crippen molar-refractivity contribution in [3.63, 3.8) is 0 Å². The molecule has 0 aromatic carbocycles. The van der Waals surface area contributed by atoms with E-state index in [2.05, 4.69) is 27.4 Å². The molecule has 104 valence electrons. The smallest absolute Gasteiger partial charge is 0.269 e. The Labute approximate surface area is 114 Å². The lowest BCUT2D eigenvalue weighted by Crippen LogP contribution is -2.46. The lowest BCUT2D eigenvalue weighted by Gasteiger charge is -2.35. The van der Waals surface area contributed by atoms with Gasteiger partial charge in [-0.2, -0.15) is 0 Å². The zero-order valence-corrected chi connectivity index (χ0v) is 11.6. The molecule has 0 bridgehead atoms. The molecular formula is C14H22N4O. The third-order valence-corrected chi connectivity index (χ3v) is 3.59. The zero-order valence-electron chi connectivity index (χ0n) is 11.6. The van der Waals surface area contributed by atoms with Crippen molar-refractivity contribution in [2.75, 3.05) is 31.6 Å². The molecule has 5 heteroatoms. The molecule has 1 fully saturated rings. The summed E-state index contributed by atoms with van der Waals surface area (Å²) in [5, 5.41) is 6.04. The Balaban J connectivity index is 2.19. The standard InChI is InChI=1S/C14H22N4O/c1-3-18(12-5-4-7-16-10-12)11-6-8-17-13(9-11)14(19)15-2/h6,8-9,12,16H,3-5,7,10H2,1-2H3,(H,15,19). The summed E-state index contributed by atoms with van der Waals surface area (Å²) < 4.78 is 0. The molecule has 0 saturated carbocycles. The predicted octanol–water partition coefficient (Wildman–Crippen LogP) is 1.02. The third kappa shape index (κ3) is 3.23. The van der Waals surface area contributed by atoms with E-state index in [4.69, 9.17) is 0 Å². The number of amides is 1. The average molecular weight is 262 g/mol. The fourth-order valence-corrected chi connectivity index (χ4v) is 2.60. The minimum atomic E-state index is -0.139. The number of anilines is 1. The SMILES string of the molecule is CCN(c1ccnc(C(=O)NC)c1)C1CCCNC1. The van der Waals surface area contributed by atoms with E-state index in [-0.39, 0.29) is 5.91 Å². The Morgan fingerprint density at radius 2 is 2.47 bits per heavy atom. The summed E-state index contributed by atoms with van der Waals surface area (Å²) in [6.07, 6.45) is 4.10. The summed E-state index contributed by atoms with van der Waals surface area (Å²) in [6.45, 7) is 5.19. The van der Waals surface area contributed by atoms with Gasteiger partial charge in [0.15, 0.2) is 0 Å². The van der Waals surface area contributed by atoms with E-state index in [1.165, 1.54) is 12.8 Å². The van der Waals surface area contributed by atoms with Crippen molar-refractivity contribution < 1.29 is 4.79 Å². The molecule has 2 N–H and O–H groups in total. The molecule has 1 aliphatic rings. The molecule has 2 heterocycles. The number of piperidine rings is 1. The second-order valence-electron chi connectivity index (χ2n) is 4.76. The monoisotopic (exact) mass is 262 g/mol. The molecule has 1 unspecified atom stereocenters. The van der Waals surface area contributed by atoms with Gasteiger partial charge in [0.05, 0.1) is 0 Å². The number of nitrogens with zero attached hydrogens (tertiary/aromatic N) is 2. The van der Waals surface area contributed by atoms with Crippen LogP contribution >= 0.6 is 0 Å². The summed E-state index contributed by atoms with van der Waals surface area (Å²) in [7, 11) is 1.62. The van der Waals surface area contributed by atoms with Crippen LogP contribution in [0.15, 0.2) is 18.3 Å². The summed E-state index contributed by atoms with van der Waals surface area (Å²) >= 11 is 0. The Morgan fingerprint density at radius 1 is 1.63 bits per heavy atom. The fraction of sp³-hybridized carbons (Fsp3) is 0.571. The van der Waals surface area contributed by atoms with Gasteiger partial charge in [-0.05, 0) is 38.4 Å². The van der Waals surface area contributed by atoms with E-state index in [1.807, 2.05) is 12.1 Å². The number of carbonyl (C=O) groups is 1. The van der Waals surface area contributed by atoms with Crippen molar-refractivity contribution >= 4 is 11.6 Å². The minimum Gasteiger partial charge on any atom is -0.367 e. The van der Waals surface area contributed by atoms with Gasteiger partial charge < -0.3 is 15.5 Å². The van der Waals surface area contributed by atoms with Gasteiger partial charge >= 0.3 is 0 Å². The molecule has 1 aliphatic heterocycles. The number of hydrogen-bond donors (Lipinski definition) is 2. The molecule has 0 spiro atoms. The largest absolute Gasteiger partial charge is 0.367 e. The highest BCUT2D eigenvalue weighted by molar-refractivity contribution is 5.92. The van der Waals surface area contributed by atoms with Gasteiger partial charge in [-0.1, -0.05) is 0 Å². The maximum absolute atomic E-state index is 11.6. The number of rotatable bonds is 4. The van der Waals surface area contributed by atoms with E-state index in [1.54, 1.807) is 13.2 Å². The van der Waals surface area contributed by atoms with Crippen LogP contribution in [0.1, 0.15) is 30.3 Å².